The zero-order valence-corrected chi connectivity index (χ0v) is 6.22. The Kier molecular flexibility index (Phi) is 5.41. The molecule has 0 N–H and O–H groups in total. The molecule has 0 atom stereocenters. The van der Waals surface area contributed by atoms with Crippen molar-refractivity contribution in [3.05, 3.63) is 10.6 Å². The maximum Gasteiger partial charge on any atom is 0.133 e. The molecule has 0 aromatic rings. The lowest BCUT2D eigenvalue weighted by atomic mass is 10.7. The minimum absolute atomic E-state index is 0.474. The maximum absolute atomic E-state index is 7.99. The molecule has 0 amide bonds. The third-order valence-electron chi connectivity index (χ3n) is 0.393. The van der Waals surface area contributed by atoms with E-state index < -0.39 is 0 Å². The number of hydrogen-bond acceptors (Lipinski definition) is 2. The Morgan fingerprint density at radius 3 is 2.88 bits per heavy atom. The molecule has 0 fully saturated rings. The largest absolute Gasteiger partial charge is 0.185 e. The van der Waals surface area contributed by atoms with Crippen molar-refractivity contribution >= 4 is 35.0 Å². The first kappa shape index (κ1) is 8.16. The quantitative estimate of drug-likeness (QED) is 0.591. The minimum Gasteiger partial charge on any atom is -0.185 e. The Morgan fingerprint density at radius 1 is 1.88 bits per heavy atom. The summed E-state index contributed by atoms with van der Waals surface area (Å²) < 4.78 is 0. The van der Waals surface area contributed by atoms with Crippen molar-refractivity contribution in [1.29, 1.82) is 5.26 Å². The first-order chi connectivity index (χ1) is 3.81. The second-order valence-corrected chi connectivity index (χ2v) is 2.40. The summed E-state index contributed by atoms with van der Waals surface area (Å²) in [6, 6.07) is 0. The average Bonchev–Trinajstić information content (AvgIpc) is 1.83. The Labute approximate surface area is 62.3 Å². The molecule has 0 rings (SSSR count). The van der Waals surface area contributed by atoms with Gasteiger partial charge in [0.1, 0.15) is 5.40 Å². The van der Waals surface area contributed by atoms with Crippen LogP contribution >= 0.6 is 35.0 Å². The van der Waals surface area contributed by atoms with Gasteiger partial charge in [0.25, 0.3) is 0 Å². The van der Waals surface area contributed by atoms with Crippen LogP contribution in [0.4, 0.5) is 0 Å². The summed E-state index contributed by atoms with van der Waals surface area (Å²) in [5, 5.41) is 10.4. The number of nitriles is 1. The van der Waals surface area contributed by atoms with E-state index in [0.717, 1.165) is 11.8 Å². The summed E-state index contributed by atoms with van der Waals surface area (Å²) in [5.41, 5.74) is 1.26. The molecule has 4 heteroatoms. The van der Waals surface area contributed by atoms with Crippen molar-refractivity contribution in [3.63, 3.8) is 0 Å². The van der Waals surface area contributed by atoms with Crippen LogP contribution in [0, 0.1) is 10.7 Å². The van der Waals surface area contributed by atoms with E-state index in [0.29, 0.717) is 10.8 Å². The Bertz CT molecular complexity index is 126. The van der Waals surface area contributed by atoms with Gasteiger partial charge >= 0.3 is 0 Å². The molecule has 1 nitrogen and oxygen atoms in total. The number of hydrogen-bond donors (Lipinski definition) is 0. The predicted molar refractivity (Wildman–Crippen MR) is 37.9 cm³/mol. The molecule has 0 saturated carbocycles. The normalized spacial score (nSPS) is 10.9. The highest BCUT2D eigenvalue weighted by atomic mass is 35.5. The smallest absolute Gasteiger partial charge is 0.133 e. The number of nitrogens with zero attached hydrogens (tertiary/aromatic N) is 1. The highest BCUT2D eigenvalue weighted by Crippen LogP contribution is 2.10. The lowest BCUT2D eigenvalue weighted by molar-refractivity contribution is 1.56. The van der Waals surface area contributed by atoms with Crippen molar-refractivity contribution in [2.75, 3.05) is 5.75 Å². The summed E-state index contributed by atoms with van der Waals surface area (Å²) in [6.07, 6.45) is 0. The molecule has 0 aromatic heterocycles. The molecule has 0 aliphatic heterocycles. The van der Waals surface area contributed by atoms with Crippen LogP contribution < -0.4 is 0 Å². The van der Waals surface area contributed by atoms with Gasteiger partial charge in [0.15, 0.2) is 0 Å². The van der Waals surface area contributed by atoms with Crippen molar-refractivity contribution in [2.24, 2.45) is 0 Å². The first-order valence-electron chi connectivity index (χ1n) is 1.77. The standard InChI is InChI=1S/C4H3Cl2NS/c5-1-4(6)2-8-3-7/h1H,2H2/b4-1-. The fraction of sp³-hybridized carbons (Fsp3) is 0.250. The maximum atomic E-state index is 7.99. The minimum atomic E-state index is 0.474. The Hall–Kier alpha value is 0.160. The molecular formula is C4H3Cl2NS. The van der Waals surface area contributed by atoms with Crippen LogP contribution in [0.5, 0.6) is 0 Å². The van der Waals surface area contributed by atoms with Gasteiger partial charge in [-0.1, -0.05) is 23.2 Å². The number of rotatable bonds is 2. The van der Waals surface area contributed by atoms with E-state index in [-0.39, 0.29) is 0 Å². The summed E-state index contributed by atoms with van der Waals surface area (Å²) in [6.45, 7) is 0. The van der Waals surface area contributed by atoms with Crippen molar-refractivity contribution in [1.82, 2.24) is 0 Å². The summed E-state index contributed by atoms with van der Waals surface area (Å²) in [5.74, 6) is 0.474. The summed E-state index contributed by atoms with van der Waals surface area (Å²) in [4.78, 5) is 0. The molecule has 0 spiro atoms. The van der Waals surface area contributed by atoms with Gasteiger partial charge in [0, 0.05) is 16.3 Å². The molecule has 0 aliphatic rings. The Morgan fingerprint density at radius 2 is 2.50 bits per heavy atom. The molecule has 0 radical (unpaired) electrons. The molecule has 8 heavy (non-hydrogen) atoms. The Balaban J connectivity index is 3.29. The molecule has 0 bridgehead atoms. The van der Waals surface area contributed by atoms with Gasteiger partial charge in [-0.15, -0.1) is 0 Å². The van der Waals surface area contributed by atoms with Gasteiger partial charge in [-0.05, 0) is 11.8 Å². The average molecular weight is 168 g/mol. The van der Waals surface area contributed by atoms with E-state index in [2.05, 4.69) is 0 Å². The third-order valence-corrected chi connectivity index (χ3v) is 1.75. The van der Waals surface area contributed by atoms with Gasteiger partial charge in [0.05, 0.1) is 0 Å². The molecule has 0 aliphatic carbocycles. The van der Waals surface area contributed by atoms with Gasteiger partial charge in [-0.2, -0.15) is 5.26 Å². The van der Waals surface area contributed by atoms with Gasteiger partial charge in [0.2, 0.25) is 0 Å². The SMILES string of the molecule is N#CSC/C(Cl)=C/Cl. The van der Waals surface area contributed by atoms with E-state index in [1.165, 1.54) is 5.54 Å². The lowest BCUT2D eigenvalue weighted by Gasteiger charge is -1.84. The monoisotopic (exact) mass is 167 g/mol. The molecule has 0 saturated heterocycles. The molecular weight excluding hydrogens is 165 g/mol. The van der Waals surface area contributed by atoms with Crippen LogP contribution in [-0.2, 0) is 0 Å². The van der Waals surface area contributed by atoms with Crippen LogP contribution in [0.25, 0.3) is 0 Å². The topological polar surface area (TPSA) is 23.8 Å². The predicted octanol–water partition coefficient (Wildman–Crippen LogP) is 2.52. The second-order valence-electron chi connectivity index (χ2n) is 0.936. The van der Waals surface area contributed by atoms with Crippen LogP contribution in [-0.4, -0.2) is 5.75 Å². The second kappa shape index (κ2) is 5.30. The van der Waals surface area contributed by atoms with Crippen molar-refractivity contribution in [3.8, 4) is 5.40 Å². The number of thioether (sulfide) groups is 1. The van der Waals surface area contributed by atoms with Crippen molar-refractivity contribution in [2.45, 2.75) is 0 Å². The number of halogens is 2. The lowest BCUT2D eigenvalue weighted by Crippen LogP contribution is -1.70. The fourth-order valence-corrected chi connectivity index (χ4v) is 0.751. The molecule has 0 heterocycles. The summed E-state index contributed by atoms with van der Waals surface area (Å²) >= 11 is 11.6. The molecule has 0 aromatic carbocycles. The van der Waals surface area contributed by atoms with Gasteiger partial charge < -0.3 is 0 Å². The highest BCUT2D eigenvalue weighted by Gasteiger charge is 1.88. The number of thiocyanates is 1. The van der Waals surface area contributed by atoms with Crippen LogP contribution in [0.3, 0.4) is 0 Å². The zero-order valence-electron chi connectivity index (χ0n) is 3.90. The highest BCUT2D eigenvalue weighted by molar-refractivity contribution is 8.03. The van der Waals surface area contributed by atoms with E-state index in [1.807, 2.05) is 5.40 Å². The van der Waals surface area contributed by atoms with E-state index >= 15 is 0 Å². The third kappa shape index (κ3) is 4.32. The fourth-order valence-electron chi connectivity index (χ4n) is 0.133. The zero-order chi connectivity index (χ0) is 6.41. The molecule has 0 unspecified atom stereocenters. The van der Waals surface area contributed by atoms with E-state index in [4.69, 9.17) is 28.5 Å². The first-order valence-corrected chi connectivity index (χ1v) is 3.57. The van der Waals surface area contributed by atoms with Crippen LogP contribution in [0.15, 0.2) is 10.6 Å². The van der Waals surface area contributed by atoms with Crippen LogP contribution in [0.2, 0.25) is 0 Å². The summed E-state index contributed by atoms with van der Waals surface area (Å²) in [7, 11) is 0. The van der Waals surface area contributed by atoms with Gasteiger partial charge in [-0.3, -0.25) is 0 Å². The van der Waals surface area contributed by atoms with Gasteiger partial charge in [-0.25, -0.2) is 0 Å². The van der Waals surface area contributed by atoms with Crippen LogP contribution in [0.1, 0.15) is 0 Å². The van der Waals surface area contributed by atoms with E-state index in [1.54, 1.807) is 0 Å². The van der Waals surface area contributed by atoms with E-state index in [9.17, 15) is 0 Å². The van der Waals surface area contributed by atoms with Crippen molar-refractivity contribution < 1.29 is 0 Å². The molecule has 44 valence electrons.